The van der Waals surface area contributed by atoms with Gasteiger partial charge in [0.2, 0.25) is 5.95 Å². The lowest BCUT2D eigenvalue weighted by Crippen LogP contribution is -2.50. The number of hydrogen-bond donors (Lipinski definition) is 4. The smallest absolute Gasteiger partial charge is 0.282 e. The fourth-order valence-electron chi connectivity index (χ4n) is 2.55. The second kappa shape index (κ2) is 5.76. The zero-order valence-electron chi connectivity index (χ0n) is 12.4. The van der Waals surface area contributed by atoms with Crippen molar-refractivity contribution in [3.63, 3.8) is 0 Å². The van der Waals surface area contributed by atoms with Crippen LogP contribution in [0.4, 0.5) is 5.95 Å². The molecule has 0 aliphatic carbocycles. The third kappa shape index (κ3) is 2.40. The van der Waals surface area contributed by atoms with Crippen LogP contribution in [0.25, 0.3) is 11.2 Å². The van der Waals surface area contributed by atoms with Crippen LogP contribution in [-0.2, 0) is 11.8 Å². The van der Waals surface area contributed by atoms with Crippen LogP contribution in [-0.4, -0.2) is 65.6 Å². The molecule has 0 bridgehead atoms. The molecule has 0 aromatic carbocycles. The van der Waals surface area contributed by atoms with Crippen molar-refractivity contribution in [3.05, 3.63) is 10.4 Å². The summed E-state index contributed by atoms with van der Waals surface area (Å²) in [5.41, 5.74) is 5.68. The number of anilines is 1. The second-order valence-electron chi connectivity index (χ2n) is 5.25. The van der Waals surface area contributed by atoms with E-state index in [2.05, 4.69) is 9.97 Å². The minimum Gasteiger partial charge on any atom is -0.388 e. The summed E-state index contributed by atoms with van der Waals surface area (Å²) in [6, 6.07) is 0. The van der Waals surface area contributed by atoms with Crippen LogP contribution in [0.15, 0.2) is 9.95 Å². The maximum atomic E-state index is 12.3. The summed E-state index contributed by atoms with van der Waals surface area (Å²) in [4.78, 5) is 20.7. The van der Waals surface area contributed by atoms with E-state index in [4.69, 9.17) is 10.5 Å². The third-order valence-corrected chi connectivity index (χ3v) is 4.55. The largest absolute Gasteiger partial charge is 0.388 e. The van der Waals surface area contributed by atoms with E-state index in [0.717, 1.165) is 0 Å². The number of ether oxygens (including phenoxy) is 1. The average Bonchev–Trinajstić information content (AvgIpc) is 2.85. The van der Waals surface area contributed by atoms with E-state index >= 15 is 0 Å². The van der Waals surface area contributed by atoms with Crippen molar-refractivity contribution in [3.8, 4) is 0 Å². The number of aliphatic hydroxyl groups excluding tert-OH is 3. The first kappa shape index (κ1) is 16.2. The summed E-state index contributed by atoms with van der Waals surface area (Å²) in [7, 11) is 1.57. The number of thioether (sulfide) groups is 1. The third-order valence-electron chi connectivity index (χ3n) is 3.82. The molecule has 5 N–H and O–H groups in total. The monoisotopic (exact) mass is 343 g/mol. The molecule has 3 rings (SSSR count). The van der Waals surface area contributed by atoms with Crippen molar-refractivity contribution >= 4 is 28.9 Å². The van der Waals surface area contributed by atoms with Crippen molar-refractivity contribution < 1.29 is 20.1 Å². The molecule has 10 nitrogen and oxygen atoms in total. The first-order chi connectivity index (χ1) is 10.9. The van der Waals surface area contributed by atoms with Crippen LogP contribution in [0.5, 0.6) is 0 Å². The van der Waals surface area contributed by atoms with Gasteiger partial charge in [0.1, 0.15) is 18.3 Å². The van der Waals surface area contributed by atoms with Crippen molar-refractivity contribution in [2.24, 2.45) is 7.05 Å². The fraction of sp³-hybridized carbons (Fsp3) is 0.583. The van der Waals surface area contributed by atoms with Crippen molar-refractivity contribution in [1.82, 2.24) is 19.1 Å². The Morgan fingerprint density at radius 2 is 2.00 bits per heavy atom. The Bertz CT molecular complexity index is 805. The molecule has 1 fully saturated rings. The molecule has 3 heterocycles. The molecule has 4 atom stereocenters. The highest BCUT2D eigenvalue weighted by Gasteiger charge is 2.40. The molecule has 0 saturated carbocycles. The van der Waals surface area contributed by atoms with Crippen LogP contribution in [0, 0.1) is 0 Å². The minimum absolute atomic E-state index is 0.0409. The van der Waals surface area contributed by atoms with E-state index < -0.39 is 24.5 Å². The molecular formula is C12H17N5O5S. The zero-order chi connectivity index (χ0) is 16.9. The van der Waals surface area contributed by atoms with E-state index in [0.29, 0.717) is 5.16 Å². The Morgan fingerprint density at radius 1 is 1.30 bits per heavy atom. The van der Waals surface area contributed by atoms with Gasteiger partial charge in [-0.25, -0.2) is 9.97 Å². The van der Waals surface area contributed by atoms with E-state index in [-0.39, 0.29) is 29.3 Å². The second-order valence-corrected chi connectivity index (χ2v) is 6.02. The van der Waals surface area contributed by atoms with Crippen LogP contribution < -0.4 is 11.3 Å². The Morgan fingerprint density at radius 3 is 2.65 bits per heavy atom. The number of nitrogens with zero attached hydrogens (tertiary/aromatic N) is 4. The molecule has 2 aromatic heterocycles. The number of rotatable bonds is 2. The standard InChI is InChI=1S/C12H17N5O5S/c1-16-9(21)5-8(15-12(16)23-2)17(11(13)14-5)10-7(20)6(19)4(18)3-22-10/h4,6-7,10,18-20H,3H2,1-2H3,(H2,13,14)/t4-,6+,7-,10-/m1/s1. The molecule has 2 aromatic rings. The first-order valence-electron chi connectivity index (χ1n) is 6.81. The van der Waals surface area contributed by atoms with Crippen LogP contribution in [0.1, 0.15) is 6.23 Å². The van der Waals surface area contributed by atoms with E-state index in [1.807, 2.05) is 0 Å². The normalized spacial score (nSPS) is 28.4. The number of hydrogen-bond acceptors (Lipinski definition) is 9. The molecule has 23 heavy (non-hydrogen) atoms. The van der Waals surface area contributed by atoms with Crippen LogP contribution >= 0.6 is 11.8 Å². The predicted molar refractivity (Wildman–Crippen MR) is 82.0 cm³/mol. The van der Waals surface area contributed by atoms with Crippen LogP contribution in [0.2, 0.25) is 0 Å². The highest BCUT2D eigenvalue weighted by atomic mass is 32.2. The highest BCUT2D eigenvalue weighted by molar-refractivity contribution is 7.98. The molecule has 0 spiro atoms. The van der Waals surface area contributed by atoms with Gasteiger partial charge < -0.3 is 25.8 Å². The van der Waals surface area contributed by atoms with Gasteiger partial charge in [-0.3, -0.25) is 13.9 Å². The van der Waals surface area contributed by atoms with Crippen molar-refractivity contribution in [2.45, 2.75) is 29.7 Å². The van der Waals surface area contributed by atoms with Gasteiger partial charge in [0.05, 0.1) is 6.61 Å². The minimum atomic E-state index is -1.44. The fourth-order valence-corrected chi connectivity index (χ4v) is 3.09. The zero-order valence-corrected chi connectivity index (χ0v) is 13.3. The first-order valence-corrected chi connectivity index (χ1v) is 8.03. The molecule has 1 aliphatic heterocycles. The van der Waals surface area contributed by atoms with Gasteiger partial charge in [-0.15, -0.1) is 0 Å². The summed E-state index contributed by atoms with van der Waals surface area (Å²) in [6.45, 7) is -0.192. The van der Waals surface area contributed by atoms with Gasteiger partial charge in [-0.05, 0) is 6.26 Å². The van der Waals surface area contributed by atoms with Gasteiger partial charge in [0.25, 0.3) is 5.56 Å². The maximum absolute atomic E-state index is 12.3. The van der Waals surface area contributed by atoms with E-state index in [9.17, 15) is 20.1 Å². The highest BCUT2D eigenvalue weighted by Crippen LogP contribution is 2.29. The van der Waals surface area contributed by atoms with Crippen molar-refractivity contribution in [2.75, 3.05) is 18.6 Å². The Kier molecular flexibility index (Phi) is 4.06. The number of nitrogens with two attached hydrogens (primary N) is 1. The molecule has 1 aliphatic rings. The number of aliphatic hydroxyl groups is 3. The topological polar surface area (TPSA) is 149 Å². The summed E-state index contributed by atoms with van der Waals surface area (Å²) >= 11 is 1.27. The molecule has 126 valence electrons. The molecule has 0 unspecified atom stereocenters. The lowest BCUT2D eigenvalue weighted by atomic mass is 10.0. The number of imidazole rings is 1. The average molecular weight is 343 g/mol. The van der Waals surface area contributed by atoms with Crippen molar-refractivity contribution in [1.29, 1.82) is 0 Å². The predicted octanol–water partition coefficient (Wildman–Crippen LogP) is -1.95. The number of nitrogen functional groups attached to an aromatic ring is 1. The molecule has 11 heteroatoms. The Balaban J connectivity index is 2.20. The Hall–Kier alpha value is -1.66. The summed E-state index contributed by atoms with van der Waals surface area (Å²) in [5, 5.41) is 30.0. The SMILES string of the molecule is CSc1nc2c(nc(N)n2[C@@H]2OC[C@@H](O)[C@H](O)[C@H]2O)c(=O)n1C. The van der Waals surface area contributed by atoms with E-state index in [1.54, 1.807) is 13.3 Å². The molecule has 0 radical (unpaired) electrons. The van der Waals surface area contributed by atoms with Gasteiger partial charge in [0.15, 0.2) is 22.5 Å². The van der Waals surface area contributed by atoms with Gasteiger partial charge >= 0.3 is 0 Å². The van der Waals surface area contributed by atoms with E-state index in [1.165, 1.54) is 20.9 Å². The summed E-state index contributed by atoms with van der Waals surface area (Å²) in [5.74, 6) is -0.0736. The van der Waals surface area contributed by atoms with Gasteiger partial charge in [-0.2, -0.15) is 0 Å². The quantitative estimate of drug-likeness (QED) is 0.360. The summed E-state index contributed by atoms with van der Waals surface area (Å²) in [6.07, 6.45) is -3.39. The molecule has 0 amide bonds. The molecule has 1 saturated heterocycles. The van der Waals surface area contributed by atoms with Gasteiger partial charge in [-0.1, -0.05) is 11.8 Å². The molecular weight excluding hydrogens is 326 g/mol. The lowest BCUT2D eigenvalue weighted by Gasteiger charge is -2.36. The van der Waals surface area contributed by atoms with Crippen LogP contribution in [0.3, 0.4) is 0 Å². The number of fused-ring (bicyclic) bond motifs is 1. The lowest BCUT2D eigenvalue weighted by molar-refractivity contribution is -0.209. The maximum Gasteiger partial charge on any atom is 0.282 e. The van der Waals surface area contributed by atoms with Gasteiger partial charge in [0, 0.05) is 7.05 Å². The number of aromatic nitrogens is 4. The summed E-state index contributed by atoms with van der Waals surface area (Å²) < 4.78 is 7.99. The Labute approximate surface area is 134 Å².